The monoisotopic (exact) mass is 137 g/mol. The molecule has 0 saturated heterocycles. The van der Waals surface area contributed by atoms with Gasteiger partial charge in [0.15, 0.2) is 0 Å². The Hall–Kier alpha value is -0.260. The van der Waals surface area contributed by atoms with Crippen LogP contribution in [0.1, 0.15) is 0 Å². The minimum Gasteiger partial charge on any atom is -0.388 e. The summed E-state index contributed by atoms with van der Waals surface area (Å²) in [6, 6.07) is 0. The van der Waals surface area contributed by atoms with Gasteiger partial charge in [-0.3, -0.25) is 0 Å². The number of thiocarbonyl (C=S) groups is 2. The minimum absolute atomic E-state index is 0. The van der Waals surface area contributed by atoms with Crippen molar-refractivity contribution in [3.8, 4) is 0 Å². The van der Waals surface area contributed by atoms with Crippen LogP contribution in [0.15, 0.2) is 0 Å². The Labute approximate surface area is 52.6 Å². The van der Waals surface area contributed by atoms with Crippen molar-refractivity contribution in [3.63, 3.8) is 0 Å². The maximum Gasteiger partial charge on any atom is 0.131 e. The summed E-state index contributed by atoms with van der Waals surface area (Å²) in [5.74, 6) is 0. The molecule has 0 unspecified atom stereocenters. The Morgan fingerprint density at radius 2 is 1.14 bits per heavy atom. The molecule has 7 heavy (non-hydrogen) atoms. The van der Waals surface area contributed by atoms with E-state index in [-0.39, 0.29) is 16.1 Å². The second-order valence-corrected chi connectivity index (χ2v) is 1.61. The summed E-state index contributed by atoms with van der Waals surface area (Å²) in [6.45, 7) is 0. The molecular weight excluding hydrogens is 130 g/mol. The topological polar surface area (TPSA) is 87.0 Å². The van der Waals surface area contributed by atoms with Gasteiger partial charge in [0.2, 0.25) is 0 Å². The van der Waals surface area contributed by atoms with Gasteiger partial charge in [-0.15, -0.1) is 0 Å². The average molecular weight is 137 g/mol. The summed E-state index contributed by atoms with van der Waals surface area (Å²) in [5.41, 5.74) is 9.80. The van der Waals surface area contributed by atoms with E-state index in [2.05, 4.69) is 24.4 Å². The van der Waals surface area contributed by atoms with Crippen molar-refractivity contribution in [2.24, 2.45) is 11.5 Å². The van der Waals surface area contributed by atoms with Gasteiger partial charge in [0.1, 0.15) is 9.98 Å². The highest BCUT2D eigenvalue weighted by atomic mass is 32.1. The Morgan fingerprint density at radius 3 is 1.14 bits per heavy atom. The van der Waals surface area contributed by atoms with Gasteiger partial charge in [0, 0.05) is 0 Å². The van der Waals surface area contributed by atoms with Crippen LogP contribution in [0.25, 0.3) is 0 Å². The number of hydrogen-bond donors (Lipinski definition) is 3. The second-order valence-electron chi connectivity index (χ2n) is 0.729. The average Bonchev–Trinajstić information content (AvgIpc) is 1.36. The molecular formula is C2H7N3S2. The number of rotatable bonds is 0. The molecule has 5 heteroatoms. The summed E-state index contributed by atoms with van der Waals surface area (Å²) in [5, 5.41) is 0. The Bertz CT molecular complexity index is 76.9. The molecule has 0 radical (unpaired) electrons. The highest BCUT2D eigenvalue weighted by Gasteiger charge is 1.84. The summed E-state index contributed by atoms with van der Waals surface area (Å²) in [7, 11) is 0. The van der Waals surface area contributed by atoms with Crippen LogP contribution in [0, 0.1) is 0 Å². The van der Waals surface area contributed by atoms with E-state index in [0.717, 1.165) is 0 Å². The number of hydrogen-bond acceptors (Lipinski definition) is 3. The third kappa shape index (κ3) is 5.74. The molecule has 0 aliphatic rings. The standard InChI is InChI=1S/C2H4N2S2.H3N/c3-1(5)2(4)6;/h(H2,3,5)(H2,4,6);1H3. The maximum atomic E-state index is 4.90. The van der Waals surface area contributed by atoms with Gasteiger partial charge in [0.05, 0.1) is 0 Å². The molecule has 0 atom stereocenters. The van der Waals surface area contributed by atoms with Crippen LogP contribution >= 0.6 is 24.4 Å². The molecule has 0 amide bonds. The van der Waals surface area contributed by atoms with Crippen LogP contribution in [0.4, 0.5) is 0 Å². The first-order chi connectivity index (χ1) is 2.64. The largest absolute Gasteiger partial charge is 0.388 e. The zero-order chi connectivity index (χ0) is 5.15. The van der Waals surface area contributed by atoms with Crippen LogP contribution in [-0.4, -0.2) is 9.98 Å². The molecule has 0 fully saturated rings. The molecule has 42 valence electrons. The summed E-state index contributed by atoms with van der Waals surface area (Å²) in [4.78, 5) is 0.204. The second kappa shape index (κ2) is 3.91. The van der Waals surface area contributed by atoms with E-state index < -0.39 is 0 Å². The van der Waals surface area contributed by atoms with E-state index in [1.165, 1.54) is 0 Å². The molecule has 0 aliphatic carbocycles. The lowest BCUT2D eigenvalue weighted by Crippen LogP contribution is -2.26. The SMILES string of the molecule is N.NC(=S)C(N)=S. The van der Waals surface area contributed by atoms with E-state index in [1.54, 1.807) is 0 Å². The lowest BCUT2D eigenvalue weighted by Gasteiger charge is -1.84. The normalized spacial score (nSPS) is 6.29. The molecule has 7 N–H and O–H groups in total. The quantitative estimate of drug-likeness (QED) is 0.400. The summed E-state index contributed by atoms with van der Waals surface area (Å²) in [6.07, 6.45) is 0. The van der Waals surface area contributed by atoms with Gasteiger partial charge in [-0.25, -0.2) is 0 Å². The molecule has 0 aliphatic heterocycles. The Balaban J connectivity index is 0. The van der Waals surface area contributed by atoms with E-state index in [0.29, 0.717) is 0 Å². The molecule has 0 spiro atoms. The van der Waals surface area contributed by atoms with Gasteiger partial charge in [-0.1, -0.05) is 24.4 Å². The third-order valence-corrected chi connectivity index (χ3v) is 0.812. The van der Waals surface area contributed by atoms with E-state index in [9.17, 15) is 0 Å². The van der Waals surface area contributed by atoms with Crippen molar-refractivity contribution >= 4 is 34.4 Å². The molecule has 3 nitrogen and oxygen atoms in total. The zero-order valence-electron chi connectivity index (χ0n) is 3.68. The predicted octanol–water partition coefficient (Wildman–Crippen LogP) is -0.279. The van der Waals surface area contributed by atoms with Crippen molar-refractivity contribution in [2.45, 2.75) is 0 Å². The van der Waals surface area contributed by atoms with Crippen molar-refractivity contribution in [1.82, 2.24) is 6.15 Å². The Kier molecular flexibility index (Phi) is 5.53. The smallest absolute Gasteiger partial charge is 0.131 e. The van der Waals surface area contributed by atoms with Gasteiger partial charge in [-0.05, 0) is 0 Å². The Morgan fingerprint density at radius 1 is 1.00 bits per heavy atom. The van der Waals surface area contributed by atoms with Gasteiger partial charge < -0.3 is 17.6 Å². The maximum absolute atomic E-state index is 4.90. The van der Waals surface area contributed by atoms with Crippen LogP contribution < -0.4 is 17.6 Å². The molecule has 0 saturated carbocycles. The first-order valence-electron chi connectivity index (χ1n) is 1.24. The fourth-order valence-electron chi connectivity index (χ4n) is 0. The molecule has 0 heterocycles. The molecule has 0 aromatic rings. The van der Waals surface area contributed by atoms with Crippen molar-refractivity contribution in [3.05, 3.63) is 0 Å². The van der Waals surface area contributed by atoms with Gasteiger partial charge in [-0.2, -0.15) is 0 Å². The third-order valence-electron chi connectivity index (χ3n) is 0.243. The highest BCUT2D eigenvalue weighted by Crippen LogP contribution is 1.62. The fourth-order valence-corrected chi connectivity index (χ4v) is 0. The van der Waals surface area contributed by atoms with Crippen LogP contribution in [0.5, 0.6) is 0 Å². The molecule has 0 rings (SSSR count). The fraction of sp³-hybridized carbons (Fsp3) is 0. The van der Waals surface area contributed by atoms with Crippen molar-refractivity contribution < 1.29 is 0 Å². The van der Waals surface area contributed by atoms with Crippen molar-refractivity contribution in [1.29, 1.82) is 0 Å². The van der Waals surface area contributed by atoms with Gasteiger partial charge >= 0.3 is 0 Å². The van der Waals surface area contributed by atoms with Crippen LogP contribution in [0.3, 0.4) is 0 Å². The lowest BCUT2D eigenvalue weighted by molar-refractivity contribution is 1.79. The first kappa shape index (κ1) is 9.88. The number of nitrogens with two attached hydrogens (primary N) is 2. The van der Waals surface area contributed by atoms with E-state index in [1.807, 2.05) is 0 Å². The van der Waals surface area contributed by atoms with Crippen molar-refractivity contribution in [2.75, 3.05) is 0 Å². The summed E-state index contributed by atoms with van der Waals surface area (Å²) >= 11 is 8.66. The van der Waals surface area contributed by atoms with E-state index in [4.69, 9.17) is 11.5 Å². The van der Waals surface area contributed by atoms with E-state index >= 15 is 0 Å². The van der Waals surface area contributed by atoms with Crippen LogP contribution in [0.2, 0.25) is 0 Å². The zero-order valence-corrected chi connectivity index (χ0v) is 5.31. The summed E-state index contributed by atoms with van der Waals surface area (Å²) < 4.78 is 0. The molecule has 0 bridgehead atoms. The molecule has 0 aromatic heterocycles. The molecule has 0 aromatic carbocycles. The lowest BCUT2D eigenvalue weighted by atomic mass is 10.7. The highest BCUT2D eigenvalue weighted by molar-refractivity contribution is 7.89. The van der Waals surface area contributed by atoms with Gasteiger partial charge in [0.25, 0.3) is 0 Å². The van der Waals surface area contributed by atoms with Crippen LogP contribution in [-0.2, 0) is 0 Å². The minimum atomic E-state index is 0. The first-order valence-corrected chi connectivity index (χ1v) is 2.05. The predicted molar refractivity (Wildman–Crippen MR) is 38.6 cm³/mol.